The Balaban J connectivity index is 1.42. The van der Waals surface area contributed by atoms with Gasteiger partial charge in [-0.25, -0.2) is 4.79 Å². The molecule has 9 nitrogen and oxygen atoms in total. The molecule has 0 aromatic heterocycles. The summed E-state index contributed by atoms with van der Waals surface area (Å²) in [7, 11) is 0. The Morgan fingerprint density at radius 2 is 1.70 bits per heavy atom. The van der Waals surface area contributed by atoms with Gasteiger partial charge in [-0.2, -0.15) is 0 Å². The lowest BCUT2D eigenvalue weighted by Crippen LogP contribution is -2.41. The minimum absolute atomic E-state index is 0.0103. The number of anilines is 1. The van der Waals surface area contributed by atoms with E-state index in [4.69, 9.17) is 14.2 Å². The standard InChI is InChI=1S/C28H37N3O6/c1-2-35-26(33)17-29-28(34)30-23-12-10-22(11-13-23)27-36-24(18-31-14-4-3-5-15-31)16-25(37-27)21-8-6-20(19-32)7-9-21/h6-13,24-25,27,32H,2-5,14-19H2,1H3,(H2,29,30,34)/t24-,25+,27+/m1/s1. The van der Waals surface area contributed by atoms with E-state index in [1.165, 1.54) is 19.3 Å². The Kier molecular flexibility index (Phi) is 9.90. The van der Waals surface area contributed by atoms with E-state index in [0.29, 0.717) is 5.69 Å². The Labute approximate surface area is 218 Å². The van der Waals surface area contributed by atoms with Gasteiger partial charge in [0.1, 0.15) is 6.54 Å². The molecule has 0 unspecified atom stereocenters. The maximum atomic E-state index is 12.1. The van der Waals surface area contributed by atoms with Gasteiger partial charge < -0.3 is 34.9 Å². The number of hydrogen-bond donors (Lipinski definition) is 3. The summed E-state index contributed by atoms with van der Waals surface area (Å²) in [5.74, 6) is -0.487. The van der Waals surface area contributed by atoms with Crippen molar-refractivity contribution in [3.05, 3.63) is 65.2 Å². The Morgan fingerprint density at radius 1 is 1.00 bits per heavy atom. The molecule has 2 aliphatic heterocycles. The molecule has 9 heteroatoms. The quantitative estimate of drug-likeness (QED) is 0.438. The molecule has 0 saturated carbocycles. The van der Waals surface area contributed by atoms with Crippen LogP contribution in [0.5, 0.6) is 0 Å². The number of amides is 2. The van der Waals surface area contributed by atoms with E-state index in [1.807, 2.05) is 36.4 Å². The van der Waals surface area contributed by atoms with Crippen LogP contribution in [0, 0.1) is 0 Å². The van der Waals surface area contributed by atoms with Crippen LogP contribution in [0.25, 0.3) is 0 Å². The highest BCUT2D eigenvalue weighted by molar-refractivity contribution is 5.91. The number of carbonyl (C=O) groups is 2. The van der Waals surface area contributed by atoms with Gasteiger partial charge in [0.05, 0.1) is 25.4 Å². The smallest absolute Gasteiger partial charge is 0.325 e. The third kappa shape index (κ3) is 8.00. The van der Waals surface area contributed by atoms with Crippen LogP contribution in [0.4, 0.5) is 10.5 Å². The van der Waals surface area contributed by atoms with Crippen LogP contribution in [0.3, 0.4) is 0 Å². The van der Waals surface area contributed by atoms with Gasteiger partial charge in [0.25, 0.3) is 0 Å². The lowest BCUT2D eigenvalue weighted by Gasteiger charge is -2.39. The van der Waals surface area contributed by atoms with Crippen molar-refractivity contribution < 1.29 is 28.9 Å². The fourth-order valence-corrected chi connectivity index (χ4v) is 4.73. The number of aliphatic hydroxyl groups is 1. The molecule has 2 fully saturated rings. The number of benzene rings is 2. The summed E-state index contributed by atoms with van der Waals surface area (Å²) in [6.07, 6.45) is 3.83. The molecule has 2 aromatic carbocycles. The molecule has 0 radical (unpaired) electrons. The number of likely N-dealkylation sites (tertiary alicyclic amines) is 1. The first-order valence-electron chi connectivity index (χ1n) is 13.1. The first-order valence-corrected chi connectivity index (χ1v) is 13.1. The molecule has 0 aliphatic carbocycles. The number of esters is 1. The highest BCUT2D eigenvalue weighted by atomic mass is 16.7. The van der Waals surface area contributed by atoms with E-state index in [2.05, 4.69) is 15.5 Å². The predicted octanol–water partition coefficient (Wildman–Crippen LogP) is 3.89. The average Bonchev–Trinajstić information content (AvgIpc) is 2.93. The monoisotopic (exact) mass is 511 g/mol. The molecule has 3 N–H and O–H groups in total. The van der Waals surface area contributed by atoms with Crippen molar-refractivity contribution in [2.75, 3.05) is 38.1 Å². The molecule has 2 aliphatic rings. The number of aliphatic hydroxyl groups excluding tert-OH is 1. The van der Waals surface area contributed by atoms with Crippen molar-refractivity contribution in [1.82, 2.24) is 10.2 Å². The number of hydrogen-bond acceptors (Lipinski definition) is 7. The fourth-order valence-electron chi connectivity index (χ4n) is 4.73. The summed E-state index contributed by atoms with van der Waals surface area (Å²) in [6.45, 7) is 4.86. The number of piperidine rings is 1. The first kappa shape index (κ1) is 27.1. The Hall–Kier alpha value is -2.98. The Bertz CT molecular complexity index is 1010. The molecule has 0 bridgehead atoms. The van der Waals surface area contributed by atoms with Gasteiger partial charge in [-0.1, -0.05) is 42.8 Å². The molecule has 2 saturated heterocycles. The van der Waals surface area contributed by atoms with E-state index in [1.54, 1.807) is 19.1 Å². The number of nitrogens with zero attached hydrogens (tertiary/aromatic N) is 1. The topological polar surface area (TPSA) is 109 Å². The molecule has 3 atom stereocenters. The highest BCUT2D eigenvalue weighted by Crippen LogP contribution is 2.38. The molecule has 4 rings (SSSR count). The van der Waals surface area contributed by atoms with E-state index >= 15 is 0 Å². The van der Waals surface area contributed by atoms with E-state index in [9.17, 15) is 14.7 Å². The lowest BCUT2D eigenvalue weighted by molar-refractivity contribution is -0.253. The summed E-state index contributed by atoms with van der Waals surface area (Å²) in [5.41, 5.74) is 3.37. The van der Waals surface area contributed by atoms with E-state index < -0.39 is 18.3 Å². The van der Waals surface area contributed by atoms with Crippen LogP contribution in [-0.4, -0.2) is 60.9 Å². The lowest BCUT2D eigenvalue weighted by atomic mass is 9.99. The van der Waals surface area contributed by atoms with Crippen LogP contribution < -0.4 is 10.6 Å². The van der Waals surface area contributed by atoms with Gasteiger partial charge in [0, 0.05) is 24.2 Å². The number of ether oxygens (including phenoxy) is 3. The third-order valence-electron chi connectivity index (χ3n) is 6.66. The first-order chi connectivity index (χ1) is 18.0. The van der Waals surface area contributed by atoms with Crippen LogP contribution in [0.2, 0.25) is 0 Å². The average molecular weight is 512 g/mol. The molecule has 37 heavy (non-hydrogen) atoms. The van der Waals surface area contributed by atoms with Crippen molar-refractivity contribution in [2.45, 2.75) is 57.7 Å². The second-order valence-electron chi connectivity index (χ2n) is 9.45. The van der Waals surface area contributed by atoms with Crippen molar-refractivity contribution in [2.24, 2.45) is 0 Å². The molecule has 200 valence electrons. The van der Waals surface area contributed by atoms with Gasteiger partial charge in [0.2, 0.25) is 0 Å². The zero-order valence-electron chi connectivity index (χ0n) is 21.4. The molecule has 0 spiro atoms. The second kappa shape index (κ2) is 13.5. The molecule has 2 amide bonds. The van der Waals surface area contributed by atoms with Crippen molar-refractivity contribution in [3.8, 4) is 0 Å². The number of urea groups is 1. The number of nitrogens with one attached hydrogen (secondary N) is 2. The van der Waals surface area contributed by atoms with Crippen molar-refractivity contribution in [1.29, 1.82) is 0 Å². The highest BCUT2D eigenvalue weighted by Gasteiger charge is 2.33. The molecular weight excluding hydrogens is 474 g/mol. The molecule has 2 aromatic rings. The number of carbonyl (C=O) groups excluding carboxylic acids is 2. The predicted molar refractivity (Wildman–Crippen MR) is 139 cm³/mol. The normalized spacial score (nSPS) is 22.3. The fraction of sp³-hybridized carbons (Fsp3) is 0.500. The van der Waals surface area contributed by atoms with Crippen molar-refractivity contribution in [3.63, 3.8) is 0 Å². The van der Waals surface area contributed by atoms with Gasteiger partial charge in [-0.3, -0.25) is 4.79 Å². The van der Waals surface area contributed by atoms with E-state index in [-0.39, 0.29) is 32.0 Å². The van der Waals surface area contributed by atoms with Gasteiger partial charge in [-0.15, -0.1) is 0 Å². The minimum Gasteiger partial charge on any atom is -0.465 e. The summed E-state index contributed by atoms with van der Waals surface area (Å²) in [6, 6.07) is 14.7. The van der Waals surface area contributed by atoms with Gasteiger partial charge in [0.15, 0.2) is 6.29 Å². The van der Waals surface area contributed by atoms with Crippen molar-refractivity contribution >= 4 is 17.7 Å². The SMILES string of the molecule is CCOC(=O)CNC(=O)Nc1ccc([C@H]2O[C@@H](CN3CCCCC3)C[C@@H](c3ccc(CO)cc3)O2)cc1. The number of rotatable bonds is 9. The van der Waals surface area contributed by atoms with Crippen LogP contribution in [0.1, 0.15) is 61.7 Å². The summed E-state index contributed by atoms with van der Waals surface area (Å²) in [5, 5.41) is 14.6. The van der Waals surface area contributed by atoms with E-state index in [0.717, 1.165) is 42.7 Å². The van der Waals surface area contributed by atoms with Gasteiger partial charge >= 0.3 is 12.0 Å². The zero-order chi connectivity index (χ0) is 26.0. The summed E-state index contributed by atoms with van der Waals surface area (Å²) < 4.78 is 17.6. The maximum Gasteiger partial charge on any atom is 0.325 e. The Morgan fingerprint density at radius 3 is 2.38 bits per heavy atom. The zero-order valence-corrected chi connectivity index (χ0v) is 21.4. The molecular formula is C28H37N3O6. The summed E-state index contributed by atoms with van der Waals surface area (Å²) >= 11 is 0. The van der Waals surface area contributed by atoms with Crippen LogP contribution >= 0.6 is 0 Å². The van der Waals surface area contributed by atoms with Crippen LogP contribution in [-0.2, 0) is 25.6 Å². The third-order valence-corrected chi connectivity index (χ3v) is 6.66. The summed E-state index contributed by atoms with van der Waals surface area (Å²) in [4.78, 5) is 26.0. The minimum atomic E-state index is -0.544. The largest absolute Gasteiger partial charge is 0.465 e. The van der Waals surface area contributed by atoms with Gasteiger partial charge in [-0.05, 0) is 56.1 Å². The maximum absolute atomic E-state index is 12.1. The van der Waals surface area contributed by atoms with Crippen LogP contribution in [0.15, 0.2) is 48.5 Å². The second-order valence-corrected chi connectivity index (χ2v) is 9.45. The molecule has 2 heterocycles.